The summed E-state index contributed by atoms with van der Waals surface area (Å²) in [6, 6.07) is 4.89. The molecule has 7 heteroatoms. The molecule has 0 aromatic heterocycles. The van der Waals surface area contributed by atoms with Gasteiger partial charge in [0.25, 0.3) is 0 Å². The standard InChI is InChI=1S/C10H10F3N3S/c11-10(12,13)7-2-1-3-8(6-7)16(14)9-15-4-5-17-9/h1-3,6H,4-5,14H2. The van der Waals surface area contributed by atoms with Crippen molar-refractivity contribution in [2.75, 3.05) is 17.3 Å². The largest absolute Gasteiger partial charge is 0.416 e. The molecule has 0 amide bonds. The second kappa shape index (κ2) is 4.58. The average Bonchev–Trinajstić information content (AvgIpc) is 2.80. The molecular formula is C10H10F3N3S. The zero-order valence-corrected chi connectivity index (χ0v) is 9.55. The Labute approximate surface area is 100 Å². The van der Waals surface area contributed by atoms with E-state index < -0.39 is 11.7 Å². The van der Waals surface area contributed by atoms with Crippen molar-refractivity contribution in [2.24, 2.45) is 10.8 Å². The van der Waals surface area contributed by atoms with Crippen molar-refractivity contribution in [3.63, 3.8) is 0 Å². The van der Waals surface area contributed by atoms with Crippen molar-refractivity contribution < 1.29 is 13.2 Å². The van der Waals surface area contributed by atoms with E-state index in [0.717, 1.165) is 17.9 Å². The van der Waals surface area contributed by atoms with Crippen molar-refractivity contribution >= 4 is 22.6 Å². The SMILES string of the molecule is NN(C1=NCCS1)c1cccc(C(F)(F)F)c1. The van der Waals surface area contributed by atoms with Gasteiger partial charge in [0.2, 0.25) is 0 Å². The molecule has 1 aromatic rings. The van der Waals surface area contributed by atoms with Crippen LogP contribution in [-0.4, -0.2) is 17.5 Å². The van der Waals surface area contributed by atoms with E-state index in [9.17, 15) is 13.2 Å². The summed E-state index contributed by atoms with van der Waals surface area (Å²) in [5.41, 5.74) is -0.429. The van der Waals surface area contributed by atoms with Crippen LogP contribution in [0.4, 0.5) is 18.9 Å². The number of rotatable bonds is 1. The molecule has 2 N–H and O–H groups in total. The van der Waals surface area contributed by atoms with Crippen molar-refractivity contribution in [2.45, 2.75) is 6.18 Å². The van der Waals surface area contributed by atoms with E-state index in [1.807, 2.05) is 0 Å². The maximum atomic E-state index is 12.5. The topological polar surface area (TPSA) is 41.6 Å². The Balaban J connectivity index is 2.27. The van der Waals surface area contributed by atoms with Gasteiger partial charge >= 0.3 is 6.18 Å². The zero-order valence-electron chi connectivity index (χ0n) is 8.74. The third kappa shape index (κ3) is 2.73. The molecule has 0 bridgehead atoms. The molecule has 17 heavy (non-hydrogen) atoms. The van der Waals surface area contributed by atoms with Gasteiger partial charge < -0.3 is 0 Å². The van der Waals surface area contributed by atoms with Crippen molar-refractivity contribution in [3.05, 3.63) is 29.8 Å². The molecule has 0 unspecified atom stereocenters. The monoisotopic (exact) mass is 261 g/mol. The van der Waals surface area contributed by atoms with Crippen molar-refractivity contribution in [1.29, 1.82) is 0 Å². The highest BCUT2D eigenvalue weighted by molar-refractivity contribution is 8.14. The Morgan fingerprint density at radius 1 is 1.35 bits per heavy atom. The number of hydrogen-bond acceptors (Lipinski definition) is 4. The van der Waals surface area contributed by atoms with E-state index in [0.29, 0.717) is 11.7 Å². The number of halogens is 3. The van der Waals surface area contributed by atoms with Crippen molar-refractivity contribution in [3.8, 4) is 0 Å². The minimum absolute atomic E-state index is 0.285. The first-order valence-corrected chi connectivity index (χ1v) is 5.86. The molecule has 1 aliphatic heterocycles. The van der Waals surface area contributed by atoms with Crippen LogP contribution >= 0.6 is 11.8 Å². The van der Waals surface area contributed by atoms with E-state index in [4.69, 9.17) is 5.84 Å². The molecule has 0 fully saturated rings. The summed E-state index contributed by atoms with van der Waals surface area (Å²) in [6.07, 6.45) is -4.36. The minimum Gasteiger partial charge on any atom is -0.260 e. The van der Waals surface area contributed by atoms with Crippen LogP contribution in [0.1, 0.15) is 5.56 Å². The fourth-order valence-electron chi connectivity index (χ4n) is 1.41. The maximum Gasteiger partial charge on any atom is 0.416 e. The fraction of sp³-hybridized carbons (Fsp3) is 0.300. The van der Waals surface area contributed by atoms with Crippen LogP contribution in [0.2, 0.25) is 0 Å². The smallest absolute Gasteiger partial charge is 0.260 e. The molecule has 0 spiro atoms. The molecule has 1 aliphatic rings. The fourth-order valence-corrected chi connectivity index (χ4v) is 2.20. The minimum atomic E-state index is -4.36. The summed E-state index contributed by atoms with van der Waals surface area (Å²) < 4.78 is 37.5. The van der Waals surface area contributed by atoms with E-state index in [1.54, 1.807) is 0 Å². The quantitative estimate of drug-likeness (QED) is 0.623. The highest BCUT2D eigenvalue weighted by Gasteiger charge is 2.31. The number of benzene rings is 1. The Kier molecular flexibility index (Phi) is 3.30. The molecule has 1 aromatic carbocycles. The van der Waals surface area contributed by atoms with Gasteiger partial charge in [-0.15, -0.1) is 0 Å². The van der Waals surface area contributed by atoms with Gasteiger partial charge in [-0.25, -0.2) is 5.84 Å². The van der Waals surface area contributed by atoms with E-state index >= 15 is 0 Å². The van der Waals surface area contributed by atoms with Gasteiger partial charge in [0.1, 0.15) is 0 Å². The van der Waals surface area contributed by atoms with Crippen LogP contribution in [0, 0.1) is 0 Å². The first kappa shape index (κ1) is 12.3. The predicted octanol–water partition coefficient (Wildman–Crippen LogP) is 2.49. The molecule has 0 aliphatic carbocycles. The highest BCUT2D eigenvalue weighted by atomic mass is 32.2. The second-order valence-corrected chi connectivity index (χ2v) is 4.49. The Morgan fingerprint density at radius 2 is 2.12 bits per heavy atom. The number of nitrogens with zero attached hydrogens (tertiary/aromatic N) is 2. The van der Waals surface area contributed by atoms with Crippen LogP contribution in [-0.2, 0) is 6.18 Å². The summed E-state index contributed by atoms with van der Waals surface area (Å²) >= 11 is 1.43. The van der Waals surface area contributed by atoms with Crippen LogP contribution in [0.5, 0.6) is 0 Å². The molecule has 0 saturated heterocycles. The second-order valence-electron chi connectivity index (χ2n) is 3.43. The molecule has 1 heterocycles. The number of hydrogen-bond donors (Lipinski definition) is 1. The van der Waals surface area contributed by atoms with Gasteiger partial charge in [0.05, 0.1) is 17.8 Å². The number of hydrazine groups is 1. The van der Waals surface area contributed by atoms with Gasteiger partial charge in [0, 0.05) is 5.75 Å². The van der Waals surface area contributed by atoms with E-state index in [-0.39, 0.29) is 5.69 Å². The van der Waals surface area contributed by atoms with Gasteiger partial charge in [-0.2, -0.15) is 13.2 Å². The van der Waals surface area contributed by atoms with E-state index in [2.05, 4.69) is 4.99 Å². The molecule has 3 nitrogen and oxygen atoms in total. The molecule has 0 atom stereocenters. The lowest BCUT2D eigenvalue weighted by molar-refractivity contribution is -0.137. The highest BCUT2D eigenvalue weighted by Crippen LogP contribution is 2.31. The summed E-state index contributed by atoms with van der Waals surface area (Å²) in [7, 11) is 0. The Hall–Kier alpha value is -1.21. The van der Waals surface area contributed by atoms with Crippen LogP contribution in [0.25, 0.3) is 0 Å². The first-order chi connectivity index (χ1) is 7.98. The summed E-state index contributed by atoms with van der Waals surface area (Å²) in [5.74, 6) is 6.53. The first-order valence-electron chi connectivity index (χ1n) is 4.88. The maximum absolute atomic E-state index is 12.5. The summed E-state index contributed by atoms with van der Waals surface area (Å²) in [6.45, 7) is 0.645. The van der Waals surface area contributed by atoms with Crippen molar-refractivity contribution in [1.82, 2.24) is 0 Å². The number of anilines is 1. The molecular weight excluding hydrogens is 251 g/mol. The number of aliphatic imine (C=N–C) groups is 1. The Morgan fingerprint density at radius 3 is 2.71 bits per heavy atom. The molecule has 92 valence electrons. The molecule has 0 saturated carbocycles. The van der Waals surface area contributed by atoms with Crippen LogP contribution < -0.4 is 10.9 Å². The lowest BCUT2D eigenvalue weighted by Gasteiger charge is -2.18. The number of amidine groups is 1. The van der Waals surface area contributed by atoms with Crippen LogP contribution in [0.15, 0.2) is 29.3 Å². The predicted molar refractivity (Wildman–Crippen MR) is 62.9 cm³/mol. The van der Waals surface area contributed by atoms with Crippen LogP contribution in [0.3, 0.4) is 0 Å². The average molecular weight is 261 g/mol. The normalized spacial score (nSPS) is 15.9. The number of thioether (sulfide) groups is 1. The number of alkyl halides is 3. The third-order valence-electron chi connectivity index (χ3n) is 2.23. The lowest BCUT2D eigenvalue weighted by Crippen LogP contribution is -2.34. The van der Waals surface area contributed by atoms with E-state index in [1.165, 1.54) is 28.9 Å². The lowest BCUT2D eigenvalue weighted by atomic mass is 10.2. The van der Waals surface area contributed by atoms with Gasteiger partial charge in [-0.3, -0.25) is 10.0 Å². The summed E-state index contributed by atoms with van der Waals surface area (Å²) in [5, 5.41) is 1.73. The van der Waals surface area contributed by atoms with Gasteiger partial charge in [-0.1, -0.05) is 17.8 Å². The van der Waals surface area contributed by atoms with Gasteiger partial charge in [-0.05, 0) is 18.2 Å². The summed E-state index contributed by atoms with van der Waals surface area (Å²) in [4.78, 5) is 4.10. The van der Waals surface area contributed by atoms with Gasteiger partial charge in [0.15, 0.2) is 5.17 Å². The Bertz CT molecular complexity index is 445. The molecule has 2 rings (SSSR count). The third-order valence-corrected chi connectivity index (χ3v) is 3.20. The zero-order chi connectivity index (χ0) is 12.5. The molecule has 0 radical (unpaired) electrons. The number of nitrogens with two attached hydrogens (primary N) is 1.